The van der Waals surface area contributed by atoms with E-state index in [2.05, 4.69) is 15.2 Å². The van der Waals surface area contributed by atoms with E-state index in [0.29, 0.717) is 25.3 Å². The van der Waals surface area contributed by atoms with Crippen molar-refractivity contribution in [3.63, 3.8) is 0 Å². The van der Waals surface area contributed by atoms with E-state index in [1.54, 1.807) is 13.8 Å². The average Bonchev–Trinajstić information content (AvgIpc) is 3.09. The molecule has 3 rings (SSSR count). The third-order valence-corrected chi connectivity index (χ3v) is 5.42. The molecular weight excluding hydrogens is 430 g/mol. The Bertz CT molecular complexity index is 954. The number of nitrogens with two attached hydrogens (primary N) is 1. The fraction of sp³-hybridized carbons (Fsp3) is 0.632. The number of rotatable bonds is 0. The highest BCUT2D eigenvalue weighted by Gasteiger charge is 2.58. The second-order valence-corrected chi connectivity index (χ2v) is 8.59. The molecule has 0 amide bonds. The van der Waals surface area contributed by atoms with E-state index in [9.17, 15) is 31.4 Å². The van der Waals surface area contributed by atoms with Crippen molar-refractivity contribution in [1.29, 1.82) is 0 Å². The highest BCUT2D eigenvalue weighted by atomic mass is 19.4. The number of hydrogen-bond acceptors (Lipinski definition) is 6. The Hall–Kier alpha value is -2.37. The van der Waals surface area contributed by atoms with Crippen molar-refractivity contribution < 1.29 is 35.9 Å². The van der Waals surface area contributed by atoms with Gasteiger partial charge in [-0.15, -0.1) is 10.2 Å². The summed E-state index contributed by atoms with van der Waals surface area (Å²) in [5.74, 6) is -1.70. The van der Waals surface area contributed by atoms with E-state index in [4.69, 9.17) is 10.2 Å². The van der Waals surface area contributed by atoms with Crippen LogP contribution in [0.2, 0.25) is 0 Å². The highest BCUT2D eigenvalue weighted by Crippen LogP contribution is 2.44. The van der Waals surface area contributed by atoms with Crippen molar-refractivity contribution >= 4 is 5.69 Å². The lowest BCUT2D eigenvalue weighted by Gasteiger charge is -2.28. The molecule has 0 unspecified atom stereocenters. The van der Waals surface area contributed by atoms with Gasteiger partial charge in [0.25, 0.3) is 11.8 Å². The van der Waals surface area contributed by atoms with Crippen LogP contribution >= 0.6 is 0 Å². The number of aromatic nitrogens is 3. The summed E-state index contributed by atoms with van der Waals surface area (Å²) >= 11 is 0. The van der Waals surface area contributed by atoms with Gasteiger partial charge >= 0.3 is 12.4 Å². The minimum Gasteiger partial charge on any atom is -0.416 e. The Balaban J connectivity index is 2.21. The van der Waals surface area contributed by atoms with E-state index in [1.165, 1.54) is 0 Å². The monoisotopic (exact) mass is 452 g/mol. The minimum atomic E-state index is -5.10. The molecule has 0 saturated carbocycles. The van der Waals surface area contributed by atoms with Crippen LogP contribution in [-0.4, -0.2) is 26.5 Å². The fourth-order valence-corrected chi connectivity index (χ4v) is 3.68. The summed E-state index contributed by atoms with van der Waals surface area (Å²) in [5, 5.41) is 17.1. The Morgan fingerprint density at radius 1 is 1.03 bits per heavy atom. The van der Waals surface area contributed by atoms with Gasteiger partial charge in [-0.3, -0.25) is 0 Å². The molecule has 6 nitrogen and oxygen atoms in total. The summed E-state index contributed by atoms with van der Waals surface area (Å²) < 4.78 is 86.7. The lowest BCUT2D eigenvalue weighted by molar-refractivity contribution is -0.277. The first kappa shape index (κ1) is 23.3. The third kappa shape index (κ3) is 4.63. The van der Waals surface area contributed by atoms with Crippen molar-refractivity contribution in [3.8, 4) is 11.6 Å². The molecule has 0 saturated heterocycles. The molecule has 0 spiro atoms. The van der Waals surface area contributed by atoms with Crippen LogP contribution in [0.4, 0.5) is 32.0 Å². The summed E-state index contributed by atoms with van der Waals surface area (Å²) in [4.78, 5) is 3.97. The molecule has 3 N–H and O–H groups in total. The summed E-state index contributed by atoms with van der Waals surface area (Å²) in [6.07, 6.45) is -9.32. The first-order valence-corrected chi connectivity index (χ1v) is 9.64. The van der Waals surface area contributed by atoms with Crippen LogP contribution in [-0.2, 0) is 18.2 Å². The van der Waals surface area contributed by atoms with Crippen molar-refractivity contribution in [2.45, 2.75) is 70.3 Å². The van der Waals surface area contributed by atoms with Crippen LogP contribution in [0.1, 0.15) is 63.1 Å². The van der Waals surface area contributed by atoms with Crippen LogP contribution in [0.3, 0.4) is 0 Å². The number of aliphatic hydroxyl groups is 1. The van der Waals surface area contributed by atoms with Gasteiger partial charge in [-0.1, -0.05) is 26.7 Å². The predicted octanol–water partition coefficient (Wildman–Crippen LogP) is 5.02. The molecule has 0 aliphatic carbocycles. The molecule has 0 fully saturated rings. The second kappa shape index (κ2) is 7.64. The lowest BCUT2D eigenvalue weighted by Crippen LogP contribution is -2.42. The highest BCUT2D eigenvalue weighted by molar-refractivity contribution is 5.67. The Kier molecular flexibility index (Phi) is 5.74. The summed E-state index contributed by atoms with van der Waals surface area (Å²) in [6.45, 7) is 3.52. The predicted molar refractivity (Wildman–Crippen MR) is 97.5 cm³/mol. The smallest absolute Gasteiger partial charge is 0.416 e. The SMILES string of the molecule is CC1(C)CCCCC[C@](O)(C(F)(F)F)c2nnc(o2)-c2nc(c(C(F)(F)F)cc2N)C1. The molecule has 12 heteroatoms. The Morgan fingerprint density at radius 3 is 2.29 bits per heavy atom. The maximum Gasteiger partial charge on any atom is 0.426 e. The number of fused-ring (bicyclic) bond motifs is 5. The number of anilines is 1. The second-order valence-electron chi connectivity index (χ2n) is 8.59. The summed E-state index contributed by atoms with van der Waals surface area (Å²) in [6, 6.07) is 0.666. The van der Waals surface area contributed by atoms with Gasteiger partial charge in [-0.05, 0) is 37.2 Å². The number of alkyl halides is 6. The zero-order valence-electron chi connectivity index (χ0n) is 16.9. The topological polar surface area (TPSA) is 98.1 Å². The van der Waals surface area contributed by atoms with Crippen molar-refractivity contribution in [2.24, 2.45) is 5.41 Å². The molecule has 0 radical (unpaired) electrons. The molecule has 31 heavy (non-hydrogen) atoms. The maximum atomic E-state index is 13.6. The van der Waals surface area contributed by atoms with Crippen LogP contribution in [0.15, 0.2) is 10.5 Å². The average molecular weight is 452 g/mol. The van der Waals surface area contributed by atoms with Gasteiger partial charge < -0.3 is 15.3 Å². The van der Waals surface area contributed by atoms with Gasteiger partial charge in [-0.2, -0.15) is 26.3 Å². The summed E-state index contributed by atoms with van der Waals surface area (Å²) in [7, 11) is 0. The molecule has 1 atom stereocenters. The van der Waals surface area contributed by atoms with Crippen molar-refractivity contribution in [2.75, 3.05) is 5.73 Å². The van der Waals surface area contributed by atoms with E-state index in [-0.39, 0.29) is 24.2 Å². The zero-order valence-corrected chi connectivity index (χ0v) is 16.9. The fourth-order valence-electron chi connectivity index (χ4n) is 3.68. The van der Waals surface area contributed by atoms with Crippen LogP contribution in [0.25, 0.3) is 11.6 Å². The Morgan fingerprint density at radius 2 is 1.68 bits per heavy atom. The van der Waals surface area contributed by atoms with Gasteiger partial charge in [0.15, 0.2) is 5.69 Å². The molecular formula is C19H22F6N4O2. The quantitative estimate of drug-likeness (QED) is 0.545. The van der Waals surface area contributed by atoms with Gasteiger partial charge in [-0.25, -0.2) is 4.98 Å². The molecule has 172 valence electrons. The molecule has 2 aromatic heterocycles. The molecule has 4 bridgehead atoms. The van der Waals surface area contributed by atoms with E-state index in [1.807, 2.05) is 0 Å². The normalized spacial score (nSPS) is 22.7. The molecule has 2 aromatic rings. The first-order chi connectivity index (χ1) is 14.1. The number of halogens is 6. The van der Waals surface area contributed by atoms with E-state index < -0.39 is 52.8 Å². The lowest BCUT2D eigenvalue weighted by atomic mass is 9.81. The van der Waals surface area contributed by atoms with Gasteiger partial charge in [0.1, 0.15) is 0 Å². The molecule has 1 aliphatic rings. The first-order valence-electron chi connectivity index (χ1n) is 9.64. The number of nitrogen functional groups attached to an aromatic ring is 1. The van der Waals surface area contributed by atoms with Crippen molar-refractivity contribution in [3.05, 3.63) is 23.2 Å². The standard InChI is InChI=1S/C19H22F6N4O2/c1-16(2)6-4-3-5-7-17(30,19(23,24)25)15-29-28-14(31-15)13-11(26)8-10(18(20,21)22)12(9-16)27-13/h8,30H,3-7,9,26H2,1-2H3/t17-/m1/s1. The molecule has 1 aliphatic heterocycles. The van der Waals surface area contributed by atoms with E-state index >= 15 is 0 Å². The van der Waals surface area contributed by atoms with Crippen LogP contribution in [0, 0.1) is 5.41 Å². The third-order valence-electron chi connectivity index (χ3n) is 5.42. The van der Waals surface area contributed by atoms with Gasteiger partial charge in [0.05, 0.1) is 16.9 Å². The summed E-state index contributed by atoms with van der Waals surface area (Å²) in [5.41, 5.74) is -0.478. The molecule has 3 heterocycles. The minimum absolute atomic E-state index is 0.00326. The van der Waals surface area contributed by atoms with Gasteiger partial charge in [0.2, 0.25) is 5.60 Å². The number of hydrogen-bond donors (Lipinski definition) is 2. The Labute approximate surface area is 173 Å². The number of nitrogens with zero attached hydrogens (tertiary/aromatic N) is 3. The van der Waals surface area contributed by atoms with E-state index in [0.717, 1.165) is 0 Å². The zero-order chi connectivity index (χ0) is 23.2. The van der Waals surface area contributed by atoms with Crippen LogP contribution in [0.5, 0.6) is 0 Å². The number of pyridine rings is 1. The molecule has 0 aromatic carbocycles. The van der Waals surface area contributed by atoms with Gasteiger partial charge in [0, 0.05) is 0 Å². The van der Waals surface area contributed by atoms with Crippen LogP contribution < -0.4 is 5.73 Å². The maximum absolute atomic E-state index is 13.6. The largest absolute Gasteiger partial charge is 0.426 e. The van der Waals surface area contributed by atoms with Crippen molar-refractivity contribution in [1.82, 2.24) is 15.2 Å².